The van der Waals surface area contributed by atoms with Crippen LogP contribution >= 0.6 is 0 Å². The van der Waals surface area contributed by atoms with Crippen molar-refractivity contribution in [2.75, 3.05) is 17.7 Å². The molecule has 6 nitrogen and oxygen atoms in total. The standard InChI is InChI=1S/C20H22N2O4/c1-13(23)14-7-5-8-15(11-14)21-18(24)20(2,3)19(25)22-16-9-6-10-17(12-16)26-4/h5-12H,1-4H3,(H,21,24)(H,22,25). The maximum absolute atomic E-state index is 12.6. The van der Waals surface area contributed by atoms with E-state index in [-0.39, 0.29) is 5.78 Å². The largest absolute Gasteiger partial charge is 0.497 e. The first-order valence-electron chi connectivity index (χ1n) is 8.12. The van der Waals surface area contributed by atoms with Gasteiger partial charge < -0.3 is 15.4 Å². The van der Waals surface area contributed by atoms with Gasteiger partial charge in [-0.05, 0) is 45.0 Å². The van der Waals surface area contributed by atoms with Gasteiger partial charge in [-0.1, -0.05) is 18.2 Å². The van der Waals surface area contributed by atoms with Crippen LogP contribution in [-0.4, -0.2) is 24.7 Å². The molecule has 0 radical (unpaired) electrons. The summed E-state index contributed by atoms with van der Waals surface area (Å²) in [5.41, 5.74) is 0.162. The van der Waals surface area contributed by atoms with E-state index in [9.17, 15) is 14.4 Å². The van der Waals surface area contributed by atoms with Gasteiger partial charge in [-0.25, -0.2) is 0 Å². The van der Waals surface area contributed by atoms with E-state index in [1.165, 1.54) is 27.9 Å². The molecule has 2 rings (SSSR count). The zero-order chi connectivity index (χ0) is 19.3. The summed E-state index contributed by atoms with van der Waals surface area (Å²) in [7, 11) is 1.54. The monoisotopic (exact) mass is 354 g/mol. The highest BCUT2D eigenvalue weighted by atomic mass is 16.5. The molecule has 2 amide bonds. The lowest BCUT2D eigenvalue weighted by atomic mass is 9.90. The molecule has 6 heteroatoms. The molecule has 0 fully saturated rings. The number of amides is 2. The molecule has 0 unspecified atom stereocenters. The Morgan fingerprint density at radius 3 is 1.96 bits per heavy atom. The molecule has 2 aromatic rings. The Morgan fingerprint density at radius 2 is 1.42 bits per heavy atom. The molecule has 2 N–H and O–H groups in total. The topological polar surface area (TPSA) is 84.5 Å². The van der Waals surface area contributed by atoms with E-state index in [1.807, 2.05) is 0 Å². The van der Waals surface area contributed by atoms with Crippen LogP contribution in [0.15, 0.2) is 48.5 Å². The van der Waals surface area contributed by atoms with E-state index in [0.717, 1.165) is 0 Å². The first-order valence-corrected chi connectivity index (χ1v) is 8.12. The summed E-state index contributed by atoms with van der Waals surface area (Å²) in [6.45, 7) is 4.52. The predicted octanol–water partition coefficient (Wildman–Crippen LogP) is 3.50. The van der Waals surface area contributed by atoms with E-state index in [2.05, 4.69) is 10.6 Å². The van der Waals surface area contributed by atoms with Crippen LogP contribution in [0, 0.1) is 5.41 Å². The number of benzene rings is 2. The quantitative estimate of drug-likeness (QED) is 0.614. The minimum Gasteiger partial charge on any atom is -0.497 e. The van der Waals surface area contributed by atoms with Gasteiger partial charge in [0.05, 0.1) is 7.11 Å². The first kappa shape index (κ1) is 19.2. The second kappa shape index (κ2) is 7.82. The number of ketones is 1. The van der Waals surface area contributed by atoms with E-state index in [4.69, 9.17) is 4.74 Å². The van der Waals surface area contributed by atoms with Crippen LogP contribution in [0.5, 0.6) is 5.75 Å². The Balaban J connectivity index is 2.12. The number of hydrogen-bond donors (Lipinski definition) is 2. The van der Waals surface area contributed by atoms with Crippen molar-refractivity contribution in [3.63, 3.8) is 0 Å². The van der Waals surface area contributed by atoms with E-state index in [1.54, 1.807) is 48.5 Å². The Kier molecular flexibility index (Phi) is 5.77. The summed E-state index contributed by atoms with van der Waals surface area (Å²) in [4.78, 5) is 36.6. The highest BCUT2D eigenvalue weighted by Gasteiger charge is 2.36. The number of nitrogens with one attached hydrogen (secondary N) is 2. The van der Waals surface area contributed by atoms with Crippen LogP contribution in [0.3, 0.4) is 0 Å². The van der Waals surface area contributed by atoms with Crippen molar-refractivity contribution >= 4 is 29.0 Å². The minimum absolute atomic E-state index is 0.101. The lowest BCUT2D eigenvalue weighted by molar-refractivity contribution is -0.135. The Labute approximate surface area is 152 Å². The zero-order valence-corrected chi connectivity index (χ0v) is 15.3. The summed E-state index contributed by atoms with van der Waals surface area (Å²) in [5, 5.41) is 5.41. The summed E-state index contributed by atoms with van der Waals surface area (Å²) in [6.07, 6.45) is 0. The maximum atomic E-state index is 12.6. The van der Waals surface area contributed by atoms with Crippen LogP contribution in [0.4, 0.5) is 11.4 Å². The molecular formula is C20H22N2O4. The first-order chi connectivity index (χ1) is 12.2. The molecule has 0 atom stereocenters. The Bertz CT molecular complexity index is 843. The second-order valence-electron chi connectivity index (χ2n) is 6.40. The summed E-state index contributed by atoms with van der Waals surface area (Å²) >= 11 is 0. The van der Waals surface area contributed by atoms with Gasteiger partial charge >= 0.3 is 0 Å². The van der Waals surface area contributed by atoms with Crippen molar-refractivity contribution in [3.05, 3.63) is 54.1 Å². The van der Waals surface area contributed by atoms with E-state index in [0.29, 0.717) is 22.7 Å². The van der Waals surface area contributed by atoms with Crippen LogP contribution in [-0.2, 0) is 9.59 Å². The van der Waals surface area contributed by atoms with Crippen LogP contribution in [0.2, 0.25) is 0 Å². The van der Waals surface area contributed by atoms with Crippen LogP contribution in [0.1, 0.15) is 31.1 Å². The maximum Gasteiger partial charge on any atom is 0.239 e. The number of ether oxygens (including phenoxy) is 1. The van der Waals surface area contributed by atoms with Crippen molar-refractivity contribution in [2.24, 2.45) is 5.41 Å². The molecule has 0 aliphatic carbocycles. The Hall–Kier alpha value is -3.15. The lowest BCUT2D eigenvalue weighted by Crippen LogP contribution is -2.41. The van der Waals surface area contributed by atoms with Gasteiger partial charge in [-0.15, -0.1) is 0 Å². The van der Waals surface area contributed by atoms with Crippen molar-refractivity contribution in [1.82, 2.24) is 0 Å². The van der Waals surface area contributed by atoms with Gasteiger partial charge in [0.25, 0.3) is 0 Å². The second-order valence-corrected chi connectivity index (χ2v) is 6.40. The van der Waals surface area contributed by atoms with E-state index >= 15 is 0 Å². The minimum atomic E-state index is -1.32. The molecule has 0 spiro atoms. The van der Waals surface area contributed by atoms with Crippen molar-refractivity contribution in [3.8, 4) is 5.75 Å². The third-order valence-corrected chi connectivity index (χ3v) is 3.99. The van der Waals surface area contributed by atoms with Crippen molar-refractivity contribution in [2.45, 2.75) is 20.8 Å². The highest BCUT2D eigenvalue weighted by Crippen LogP contribution is 2.23. The summed E-state index contributed by atoms with van der Waals surface area (Å²) in [5.74, 6) is -0.424. The number of anilines is 2. The van der Waals surface area contributed by atoms with Gasteiger partial charge in [0, 0.05) is 23.0 Å². The smallest absolute Gasteiger partial charge is 0.239 e. The van der Waals surface area contributed by atoms with Crippen molar-refractivity contribution < 1.29 is 19.1 Å². The number of carbonyl (C=O) groups excluding carboxylic acids is 3. The molecule has 0 aromatic heterocycles. The molecule has 0 heterocycles. The molecule has 136 valence electrons. The number of methoxy groups -OCH3 is 1. The molecule has 0 aliphatic heterocycles. The number of rotatable bonds is 6. The van der Waals surface area contributed by atoms with Gasteiger partial charge in [-0.2, -0.15) is 0 Å². The molecule has 0 saturated carbocycles. The third kappa shape index (κ3) is 4.47. The van der Waals surface area contributed by atoms with Crippen LogP contribution in [0.25, 0.3) is 0 Å². The third-order valence-electron chi connectivity index (χ3n) is 3.99. The van der Waals surface area contributed by atoms with Gasteiger partial charge in [-0.3, -0.25) is 14.4 Å². The summed E-state index contributed by atoms with van der Waals surface area (Å²) in [6, 6.07) is 13.5. The predicted molar refractivity (Wildman–Crippen MR) is 100 cm³/mol. The van der Waals surface area contributed by atoms with E-state index < -0.39 is 17.2 Å². The molecule has 0 saturated heterocycles. The van der Waals surface area contributed by atoms with Gasteiger partial charge in [0.2, 0.25) is 11.8 Å². The highest BCUT2D eigenvalue weighted by molar-refractivity contribution is 6.14. The SMILES string of the molecule is COc1cccc(NC(=O)C(C)(C)C(=O)Nc2cccc(C(C)=O)c2)c1. The average Bonchev–Trinajstić information content (AvgIpc) is 2.61. The molecule has 2 aromatic carbocycles. The fraction of sp³-hybridized carbons (Fsp3) is 0.250. The fourth-order valence-electron chi connectivity index (χ4n) is 2.19. The molecular weight excluding hydrogens is 332 g/mol. The lowest BCUT2D eigenvalue weighted by Gasteiger charge is -2.23. The number of carbonyl (C=O) groups is 3. The fourth-order valence-corrected chi connectivity index (χ4v) is 2.19. The molecule has 0 bridgehead atoms. The average molecular weight is 354 g/mol. The zero-order valence-electron chi connectivity index (χ0n) is 15.3. The normalized spacial score (nSPS) is 10.8. The Morgan fingerprint density at radius 1 is 0.885 bits per heavy atom. The van der Waals surface area contributed by atoms with Crippen molar-refractivity contribution in [1.29, 1.82) is 0 Å². The van der Waals surface area contributed by atoms with Crippen LogP contribution < -0.4 is 15.4 Å². The molecule has 26 heavy (non-hydrogen) atoms. The number of hydrogen-bond acceptors (Lipinski definition) is 4. The summed E-state index contributed by atoms with van der Waals surface area (Å²) < 4.78 is 5.12. The number of Topliss-reactive ketones (excluding diaryl/α,β-unsaturated/α-hetero) is 1. The van der Waals surface area contributed by atoms with Gasteiger partial charge in [0.1, 0.15) is 11.2 Å². The molecule has 0 aliphatic rings. The van der Waals surface area contributed by atoms with Gasteiger partial charge in [0.15, 0.2) is 5.78 Å².